The molecular weight excluding hydrogens is 272 g/mol. The minimum Gasteiger partial charge on any atom is -0.481 e. The number of allylic oxidation sites excluding steroid dienone is 4. The molecule has 0 radical (unpaired) electrons. The number of carboxylic acid groups (broad SMARTS) is 1. The van der Waals surface area contributed by atoms with E-state index in [0.29, 0.717) is 6.42 Å². The monoisotopic (exact) mass is 308 g/mol. The van der Waals surface area contributed by atoms with Crippen LogP contribution in [0.15, 0.2) is 24.3 Å². The molecule has 0 fully saturated rings. The average molecular weight is 309 g/mol. The fourth-order valence-electron chi connectivity index (χ4n) is 2.41. The largest absolute Gasteiger partial charge is 0.481 e. The lowest BCUT2D eigenvalue weighted by Gasteiger charge is -2.00. The highest BCUT2D eigenvalue weighted by Gasteiger charge is 1.92. The van der Waals surface area contributed by atoms with Crippen LogP contribution in [0.5, 0.6) is 0 Å². The zero-order chi connectivity index (χ0) is 16.3. The van der Waals surface area contributed by atoms with Crippen molar-refractivity contribution in [1.29, 1.82) is 0 Å². The summed E-state index contributed by atoms with van der Waals surface area (Å²) in [6.45, 7) is 2.24. The fourth-order valence-corrected chi connectivity index (χ4v) is 2.41. The minimum atomic E-state index is -0.707. The van der Waals surface area contributed by atoms with Crippen LogP contribution in [0.3, 0.4) is 0 Å². The molecule has 0 aromatic rings. The van der Waals surface area contributed by atoms with Crippen molar-refractivity contribution in [3.8, 4) is 0 Å². The topological polar surface area (TPSA) is 37.3 Å². The number of carboxylic acids is 1. The smallest absolute Gasteiger partial charge is 0.303 e. The van der Waals surface area contributed by atoms with Gasteiger partial charge in [-0.15, -0.1) is 0 Å². The van der Waals surface area contributed by atoms with Gasteiger partial charge in [-0.3, -0.25) is 4.79 Å². The Hall–Kier alpha value is -1.05. The lowest BCUT2D eigenvalue weighted by atomic mass is 10.1. The molecule has 0 saturated heterocycles. The Kier molecular flexibility index (Phi) is 17.1. The molecule has 0 aliphatic carbocycles. The third kappa shape index (κ3) is 18.9. The second-order valence-electron chi connectivity index (χ2n) is 6.07. The van der Waals surface area contributed by atoms with E-state index in [1.165, 1.54) is 70.6 Å². The molecule has 0 bridgehead atoms. The van der Waals surface area contributed by atoms with Gasteiger partial charge in [0.2, 0.25) is 0 Å². The molecule has 0 aromatic carbocycles. The summed E-state index contributed by atoms with van der Waals surface area (Å²) < 4.78 is 0. The highest BCUT2D eigenvalue weighted by Crippen LogP contribution is 2.10. The van der Waals surface area contributed by atoms with E-state index >= 15 is 0 Å². The molecule has 0 atom stereocenters. The van der Waals surface area contributed by atoms with E-state index in [-0.39, 0.29) is 6.42 Å². The van der Waals surface area contributed by atoms with Crippen molar-refractivity contribution in [3.05, 3.63) is 24.3 Å². The van der Waals surface area contributed by atoms with Gasteiger partial charge in [-0.25, -0.2) is 0 Å². The van der Waals surface area contributed by atoms with Gasteiger partial charge >= 0.3 is 5.97 Å². The van der Waals surface area contributed by atoms with Crippen molar-refractivity contribution < 1.29 is 9.90 Å². The van der Waals surface area contributed by atoms with E-state index in [1.54, 1.807) is 0 Å². The van der Waals surface area contributed by atoms with E-state index in [9.17, 15) is 4.79 Å². The highest BCUT2D eigenvalue weighted by molar-refractivity contribution is 5.66. The molecule has 0 aliphatic heterocycles. The molecule has 0 spiro atoms. The van der Waals surface area contributed by atoms with Crippen molar-refractivity contribution in [2.45, 2.75) is 96.8 Å². The first-order valence-electron chi connectivity index (χ1n) is 9.29. The molecule has 0 heterocycles. The van der Waals surface area contributed by atoms with Gasteiger partial charge in [0.25, 0.3) is 0 Å². The Bertz CT molecular complexity index is 292. The van der Waals surface area contributed by atoms with Crippen molar-refractivity contribution in [2.75, 3.05) is 0 Å². The molecular formula is C20H36O2. The maximum absolute atomic E-state index is 10.3. The third-order valence-electron chi connectivity index (χ3n) is 3.82. The third-order valence-corrected chi connectivity index (χ3v) is 3.82. The second-order valence-corrected chi connectivity index (χ2v) is 6.07. The van der Waals surface area contributed by atoms with Gasteiger partial charge in [-0.05, 0) is 38.5 Å². The summed E-state index contributed by atoms with van der Waals surface area (Å²) in [6.07, 6.45) is 25.3. The molecule has 0 unspecified atom stereocenters. The molecule has 128 valence electrons. The Balaban J connectivity index is 3.11. The molecule has 0 rings (SSSR count). The van der Waals surface area contributed by atoms with Gasteiger partial charge in [-0.1, -0.05) is 76.2 Å². The molecule has 1 N–H and O–H groups in total. The average Bonchev–Trinajstić information content (AvgIpc) is 2.50. The van der Waals surface area contributed by atoms with E-state index in [0.717, 1.165) is 6.42 Å². The Morgan fingerprint density at radius 3 is 1.55 bits per heavy atom. The zero-order valence-corrected chi connectivity index (χ0v) is 14.6. The summed E-state index contributed by atoms with van der Waals surface area (Å²) >= 11 is 0. The fraction of sp³-hybridized carbons (Fsp3) is 0.750. The zero-order valence-electron chi connectivity index (χ0n) is 14.6. The maximum atomic E-state index is 10.3. The van der Waals surface area contributed by atoms with Crippen LogP contribution >= 0.6 is 0 Å². The Labute approximate surface area is 137 Å². The Morgan fingerprint density at radius 1 is 0.682 bits per heavy atom. The van der Waals surface area contributed by atoms with Crippen LogP contribution < -0.4 is 0 Å². The van der Waals surface area contributed by atoms with Crippen LogP contribution in [-0.4, -0.2) is 11.1 Å². The number of hydrogen-bond donors (Lipinski definition) is 1. The summed E-state index contributed by atoms with van der Waals surface area (Å²) in [4.78, 5) is 10.3. The SMILES string of the molecule is CCCC/C=C\CCCCCCCCC/C=C\CCC(=O)O. The minimum absolute atomic E-state index is 0.254. The molecule has 0 saturated carbocycles. The van der Waals surface area contributed by atoms with Gasteiger partial charge in [0.15, 0.2) is 0 Å². The van der Waals surface area contributed by atoms with Crippen LogP contribution in [0.25, 0.3) is 0 Å². The van der Waals surface area contributed by atoms with Crippen molar-refractivity contribution in [1.82, 2.24) is 0 Å². The molecule has 0 aromatic heterocycles. The summed E-state index contributed by atoms with van der Waals surface area (Å²) in [5, 5.41) is 8.50. The maximum Gasteiger partial charge on any atom is 0.303 e. The molecule has 2 nitrogen and oxygen atoms in total. The first-order chi connectivity index (χ1) is 10.8. The number of rotatable bonds is 16. The predicted molar refractivity (Wildman–Crippen MR) is 96.2 cm³/mol. The lowest BCUT2D eigenvalue weighted by Crippen LogP contribution is -1.91. The summed E-state index contributed by atoms with van der Waals surface area (Å²) in [5.41, 5.74) is 0. The van der Waals surface area contributed by atoms with Gasteiger partial charge in [0.1, 0.15) is 0 Å². The summed E-state index contributed by atoms with van der Waals surface area (Å²) in [5.74, 6) is -0.707. The molecule has 0 aliphatic rings. The van der Waals surface area contributed by atoms with Gasteiger partial charge in [0, 0.05) is 6.42 Å². The first kappa shape index (κ1) is 20.9. The van der Waals surface area contributed by atoms with E-state index in [2.05, 4.69) is 25.2 Å². The normalized spacial score (nSPS) is 11.7. The number of aliphatic carboxylic acids is 1. The quantitative estimate of drug-likeness (QED) is 0.255. The van der Waals surface area contributed by atoms with Crippen molar-refractivity contribution >= 4 is 5.97 Å². The van der Waals surface area contributed by atoms with Crippen molar-refractivity contribution in [3.63, 3.8) is 0 Å². The molecule has 0 amide bonds. The van der Waals surface area contributed by atoms with Crippen LogP contribution in [0.1, 0.15) is 96.8 Å². The summed E-state index contributed by atoms with van der Waals surface area (Å²) in [7, 11) is 0. The van der Waals surface area contributed by atoms with Gasteiger partial charge in [-0.2, -0.15) is 0 Å². The Morgan fingerprint density at radius 2 is 1.09 bits per heavy atom. The number of unbranched alkanes of at least 4 members (excludes halogenated alkanes) is 10. The van der Waals surface area contributed by atoms with Crippen LogP contribution in [0.2, 0.25) is 0 Å². The number of hydrogen-bond acceptors (Lipinski definition) is 1. The summed E-state index contributed by atoms with van der Waals surface area (Å²) in [6, 6.07) is 0. The van der Waals surface area contributed by atoms with E-state index < -0.39 is 5.97 Å². The molecule has 2 heteroatoms. The number of carbonyl (C=O) groups is 1. The predicted octanol–water partition coefficient (Wildman–Crippen LogP) is 6.66. The van der Waals surface area contributed by atoms with Crippen LogP contribution in [0.4, 0.5) is 0 Å². The van der Waals surface area contributed by atoms with Crippen molar-refractivity contribution in [2.24, 2.45) is 0 Å². The van der Waals surface area contributed by atoms with Crippen LogP contribution in [-0.2, 0) is 4.79 Å². The van der Waals surface area contributed by atoms with E-state index in [1.807, 2.05) is 6.08 Å². The first-order valence-corrected chi connectivity index (χ1v) is 9.29. The standard InChI is InChI=1S/C20H36O2/c1-2-3-4-5-6-7-8-9-10-11-12-13-14-15-16-17-18-19-20(21)22/h5-6,16-17H,2-4,7-15,18-19H2,1H3,(H,21,22)/b6-5-,17-16-. The van der Waals surface area contributed by atoms with E-state index in [4.69, 9.17) is 5.11 Å². The molecule has 22 heavy (non-hydrogen) atoms. The highest BCUT2D eigenvalue weighted by atomic mass is 16.4. The van der Waals surface area contributed by atoms with Crippen LogP contribution in [0, 0.1) is 0 Å². The van der Waals surface area contributed by atoms with Gasteiger partial charge in [0.05, 0.1) is 0 Å². The second kappa shape index (κ2) is 18.0. The van der Waals surface area contributed by atoms with Gasteiger partial charge < -0.3 is 5.11 Å². The lowest BCUT2D eigenvalue weighted by molar-refractivity contribution is -0.136.